The molecule has 0 atom stereocenters. The third kappa shape index (κ3) is 7.60. The van der Waals surface area contributed by atoms with Gasteiger partial charge < -0.3 is 4.42 Å². The summed E-state index contributed by atoms with van der Waals surface area (Å²) in [5.41, 5.74) is 0. The Morgan fingerprint density at radius 2 is 1.70 bits per heavy atom. The monoisotopic (exact) mass is 178 g/mol. The number of halogens is 2. The second-order valence-corrected chi connectivity index (χ2v) is 2.38. The van der Waals surface area contributed by atoms with E-state index in [0.717, 1.165) is 0 Å². The van der Waals surface area contributed by atoms with Crippen molar-refractivity contribution in [3.05, 3.63) is 35.2 Å². The molecule has 0 spiro atoms. The van der Waals surface area contributed by atoms with Crippen molar-refractivity contribution >= 4 is 23.2 Å². The van der Waals surface area contributed by atoms with Gasteiger partial charge in [0.05, 0.1) is 12.5 Å². The van der Waals surface area contributed by atoms with Gasteiger partial charge in [-0.2, -0.15) is 0 Å². The molecule has 1 aromatic rings. The smallest absolute Gasteiger partial charge is 0.102 e. The van der Waals surface area contributed by atoms with Crippen LogP contribution in [0.2, 0.25) is 0 Å². The molecule has 0 bridgehead atoms. The van der Waals surface area contributed by atoms with Crippen LogP contribution in [0.5, 0.6) is 0 Å². The van der Waals surface area contributed by atoms with Crippen LogP contribution in [0.15, 0.2) is 39.6 Å². The lowest BCUT2D eigenvalue weighted by atomic mass is 10.7. The zero-order valence-corrected chi connectivity index (χ0v) is 7.06. The Balaban J connectivity index is 0.000000162. The van der Waals surface area contributed by atoms with E-state index in [4.69, 9.17) is 23.2 Å². The quantitative estimate of drug-likeness (QED) is 0.592. The molecule has 0 fully saturated rings. The average Bonchev–Trinajstić information content (AvgIpc) is 2.43. The Kier molecular flexibility index (Phi) is 6.45. The molecule has 1 aromatic heterocycles. The van der Waals surface area contributed by atoms with Gasteiger partial charge in [-0.25, -0.2) is 0 Å². The molecular weight excluding hydrogens is 171 g/mol. The molecule has 0 radical (unpaired) electrons. The van der Waals surface area contributed by atoms with E-state index >= 15 is 0 Å². The zero-order chi connectivity index (χ0) is 7.82. The highest BCUT2D eigenvalue weighted by Crippen LogP contribution is 2.03. The summed E-state index contributed by atoms with van der Waals surface area (Å²) in [6.07, 6.45) is 4.86. The predicted molar refractivity (Wildman–Crippen MR) is 44.2 cm³/mol. The summed E-state index contributed by atoms with van der Waals surface area (Å²) in [7, 11) is 0. The summed E-state index contributed by atoms with van der Waals surface area (Å²) in [6, 6.07) is 3.67. The van der Waals surface area contributed by atoms with E-state index in [9.17, 15) is 0 Å². The van der Waals surface area contributed by atoms with Crippen LogP contribution < -0.4 is 0 Å². The molecule has 0 unspecified atom stereocenters. The Morgan fingerprint density at radius 1 is 1.30 bits per heavy atom. The summed E-state index contributed by atoms with van der Waals surface area (Å²) < 4.78 is 4.91. The molecule has 0 amide bonds. The fourth-order valence-electron chi connectivity index (χ4n) is 0.227. The van der Waals surface area contributed by atoms with Crippen LogP contribution in [0.25, 0.3) is 0 Å². The third-order valence-corrected chi connectivity index (χ3v) is 1.08. The van der Waals surface area contributed by atoms with E-state index < -0.39 is 0 Å². The van der Waals surface area contributed by atoms with Crippen LogP contribution in [0.4, 0.5) is 0 Å². The maximum atomic E-state index is 5.09. The van der Waals surface area contributed by atoms with Crippen molar-refractivity contribution in [3.63, 3.8) is 0 Å². The van der Waals surface area contributed by atoms with E-state index in [0.29, 0.717) is 4.49 Å². The van der Waals surface area contributed by atoms with Crippen molar-refractivity contribution in [2.45, 2.75) is 6.92 Å². The van der Waals surface area contributed by atoms with Crippen LogP contribution in [-0.4, -0.2) is 0 Å². The molecule has 0 saturated heterocycles. The summed E-state index contributed by atoms with van der Waals surface area (Å²) in [5, 5.41) is 0. The molecule has 0 aromatic carbocycles. The zero-order valence-electron chi connectivity index (χ0n) is 5.55. The Hall–Kier alpha value is -0.400. The Bertz CT molecular complexity index is 147. The first-order chi connectivity index (χ1) is 4.77. The normalized spacial score (nSPS) is 7.50. The van der Waals surface area contributed by atoms with E-state index in [1.165, 1.54) is 0 Å². The molecule has 0 saturated carbocycles. The van der Waals surface area contributed by atoms with Crippen molar-refractivity contribution in [1.82, 2.24) is 0 Å². The summed E-state index contributed by atoms with van der Waals surface area (Å²) in [4.78, 5) is 0. The largest absolute Gasteiger partial charge is 0.473 e. The molecular formula is C7H8Cl2O. The number of hydrogen-bond acceptors (Lipinski definition) is 1. The van der Waals surface area contributed by atoms with Crippen molar-refractivity contribution in [1.29, 1.82) is 0 Å². The molecule has 1 nitrogen and oxygen atoms in total. The molecule has 0 aliphatic carbocycles. The number of rotatable bonds is 0. The van der Waals surface area contributed by atoms with Gasteiger partial charge in [-0.3, -0.25) is 0 Å². The standard InChI is InChI=1S/C4H4O.C3H4Cl2/c1-2-4-5-3-1;1-2-3(4)5/h1-4H;2H,1H3. The van der Waals surface area contributed by atoms with Crippen molar-refractivity contribution in [2.24, 2.45) is 0 Å². The minimum Gasteiger partial charge on any atom is -0.473 e. The number of furan rings is 1. The van der Waals surface area contributed by atoms with Gasteiger partial charge in [0.1, 0.15) is 4.49 Å². The molecule has 1 heterocycles. The molecule has 3 heteroatoms. The number of allylic oxidation sites excluding steroid dienone is 1. The van der Waals surface area contributed by atoms with Gasteiger partial charge in [0.25, 0.3) is 0 Å². The summed E-state index contributed by atoms with van der Waals surface area (Å²) >= 11 is 10.2. The molecule has 1 rings (SSSR count). The van der Waals surface area contributed by atoms with Crippen LogP contribution in [0.3, 0.4) is 0 Å². The predicted octanol–water partition coefficient (Wildman–Crippen LogP) is 3.60. The highest BCUT2D eigenvalue weighted by Gasteiger charge is 1.68. The lowest BCUT2D eigenvalue weighted by Gasteiger charge is -1.66. The van der Waals surface area contributed by atoms with Gasteiger partial charge in [0, 0.05) is 0 Å². The van der Waals surface area contributed by atoms with Crippen molar-refractivity contribution in [3.8, 4) is 0 Å². The lowest BCUT2D eigenvalue weighted by Crippen LogP contribution is -1.38. The topological polar surface area (TPSA) is 13.1 Å². The van der Waals surface area contributed by atoms with Gasteiger partial charge in [0.15, 0.2) is 0 Å². The van der Waals surface area contributed by atoms with Gasteiger partial charge in [-0.1, -0.05) is 29.3 Å². The number of hydrogen-bond donors (Lipinski definition) is 0. The van der Waals surface area contributed by atoms with Gasteiger partial charge >= 0.3 is 0 Å². The van der Waals surface area contributed by atoms with E-state index in [1.807, 2.05) is 12.1 Å². The fraction of sp³-hybridized carbons (Fsp3) is 0.143. The average molecular weight is 179 g/mol. The Morgan fingerprint density at radius 3 is 1.80 bits per heavy atom. The highest BCUT2D eigenvalue weighted by atomic mass is 35.5. The summed E-state index contributed by atoms with van der Waals surface area (Å²) in [5.74, 6) is 0. The minimum atomic E-state index is 0.324. The van der Waals surface area contributed by atoms with Crippen molar-refractivity contribution < 1.29 is 4.42 Å². The molecule has 0 aliphatic rings. The van der Waals surface area contributed by atoms with Gasteiger partial charge in [0.2, 0.25) is 0 Å². The first-order valence-corrected chi connectivity index (χ1v) is 3.47. The van der Waals surface area contributed by atoms with Gasteiger partial charge in [-0.05, 0) is 19.1 Å². The van der Waals surface area contributed by atoms with Crippen molar-refractivity contribution in [2.75, 3.05) is 0 Å². The van der Waals surface area contributed by atoms with Crippen LogP contribution >= 0.6 is 23.2 Å². The fourth-order valence-corrected chi connectivity index (χ4v) is 0.227. The SMILES string of the molecule is CC=C(Cl)Cl.c1ccoc1. The Labute approximate surface area is 70.2 Å². The third-order valence-electron chi connectivity index (χ3n) is 0.644. The van der Waals surface area contributed by atoms with Gasteiger partial charge in [-0.15, -0.1) is 0 Å². The van der Waals surface area contributed by atoms with E-state index in [-0.39, 0.29) is 0 Å². The van der Waals surface area contributed by atoms with Crippen LogP contribution in [0, 0.1) is 0 Å². The van der Waals surface area contributed by atoms with E-state index in [1.54, 1.807) is 25.5 Å². The first-order valence-electron chi connectivity index (χ1n) is 2.72. The van der Waals surface area contributed by atoms with Crippen LogP contribution in [0.1, 0.15) is 6.92 Å². The maximum Gasteiger partial charge on any atom is 0.102 e. The van der Waals surface area contributed by atoms with Crippen LogP contribution in [-0.2, 0) is 0 Å². The molecule has 56 valence electrons. The second-order valence-electron chi connectivity index (χ2n) is 1.37. The molecule has 10 heavy (non-hydrogen) atoms. The first kappa shape index (κ1) is 9.60. The highest BCUT2D eigenvalue weighted by molar-refractivity contribution is 6.55. The lowest BCUT2D eigenvalue weighted by molar-refractivity contribution is 0.567. The summed E-state index contributed by atoms with van der Waals surface area (Å²) in [6.45, 7) is 1.77. The van der Waals surface area contributed by atoms with E-state index in [2.05, 4.69) is 4.42 Å². The maximum absolute atomic E-state index is 5.09. The second kappa shape index (κ2) is 6.72. The molecule has 0 aliphatic heterocycles. The minimum absolute atomic E-state index is 0.324. The molecule has 0 N–H and O–H groups in total.